The summed E-state index contributed by atoms with van der Waals surface area (Å²) in [5.41, 5.74) is 7.37. The van der Waals surface area contributed by atoms with Crippen LogP contribution in [-0.4, -0.2) is 42.2 Å². The molecule has 0 aliphatic carbocycles. The second-order valence-corrected chi connectivity index (χ2v) is 5.18. The predicted octanol–water partition coefficient (Wildman–Crippen LogP) is 1.03. The van der Waals surface area contributed by atoms with E-state index < -0.39 is 0 Å². The number of rotatable bonds is 4. The molecule has 0 bridgehead atoms. The highest BCUT2D eigenvalue weighted by atomic mass is 16.3. The predicted molar refractivity (Wildman–Crippen MR) is 74.9 cm³/mol. The lowest BCUT2D eigenvalue weighted by Crippen LogP contribution is -2.40. The lowest BCUT2D eigenvalue weighted by Gasteiger charge is -2.32. The van der Waals surface area contributed by atoms with Crippen LogP contribution in [0.5, 0.6) is 0 Å². The van der Waals surface area contributed by atoms with Crippen molar-refractivity contribution in [2.24, 2.45) is 11.7 Å². The van der Waals surface area contributed by atoms with Gasteiger partial charge in [-0.1, -0.05) is 12.1 Å². The Morgan fingerprint density at radius 1 is 1.47 bits per heavy atom. The van der Waals surface area contributed by atoms with Crippen LogP contribution in [0.15, 0.2) is 24.3 Å². The molecule has 1 unspecified atom stereocenters. The Labute approximate surface area is 114 Å². The Bertz CT molecular complexity index is 434. The van der Waals surface area contributed by atoms with Crippen molar-refractivity contribution in [2.45, 2.75) is 19.3 Å². The van der Waals surface area contributed by atoms with Gasteiger partial charge in [-0.2, -0.15) is 0 Å². The maximum atomic E-state index is 12.4. The minimum atomic E-state index is 0.0667. The molecule has 0 radical (unpaired) electrons. The minimum absolute atomic E-state index is 0.0667. The summed E-state index contributed by atoms with van der Waals surface area (Å²) in [6, 6.07) is 7.69. The van der Waals surface area contributed by atoms with E-state index in [1.54, 1.807) is 0 Å². The molecular formula is C15H22N2O2. The Kier molecular flexibility index (Phi) is 4.93. The summed E-state index contributed by atoms with van der Waals surface area (Å²) in [6.07, 6.45) is 2.77. The number of aliphatic hydroxyl groups is 1. The maximum Gasteiger partial charge on any atom is 0.253 e. The summed E-state index contributed by atoms with van der Waals surface area (Å²) in [5, 5.41) is 9.22. The number of aliphatic hydroxyl groups excluding tert-OH is 1. The SMILES string of the molecule is NCCc1cccc(C(=O)N2CCCC(CO)C2)c1. The molecule has 0 spiro atoms. The summed E-state index contributed by atoms with van der Waals surface area (Å²) in [4.78, 5) is 14.3. The maximum absolute atomic E-state index is 12.4. The third kappa shape index (κ3) is 3.55. The summed E-state index contributed by atoms with van der Waals surface area (Å²) in [6.45, 7) is 2.21. The molecule has 4 nitrogen and oxygen atoms in total. The number of carbonyl (C=O) groups is 1. The Morgan fingerprint density at radius 3 is 3.05 bits per heavy atom. The van der Waals surface area contributed by atoms with Gasteiger partial charge in [0.05, 0.1) is 0 Å². The van der Waals surface area contributed by atoms with Gasteiger partial charge in [-0.15, -0.1) is 0 Å². The third-order valence-electron chi connectivity index (χ3n) is 3.67. The van der Waals surface area contributed by atoms with Crippen LogP contribution < -0.4 is 5.73 Å². The van der Waals surface area contributed by atoms with Crippen molar-refractivity contribution >= 4 is 5.91 Å². The molecule has 0 aromatic heterocycles. The van der Waals surface area contributed by atoms with E-state index in [1.165, 1.54) is 0 Å². The number of nitrogens with zero attached hydrogens (tertiary/aromatic N) is 1. The van der Waals surface area contributed by atoms with Crippen LogP contribution >= 0.6 is 0 Å². The number of benzene rings is 1. The van der Waals surface area contributed by atoms with E-state index in [2.05, 4.69) is 0 Å². The van der Waals surface area contributed by atoms with Gasteiger partial charge in [-0.25, -0.2) is 0 Å². The van der Waals surface area contributed by atoms with Gasteiger partial charge in [0.1, 0.15) is 0 Å². The lowest BCUT2D eigenvalue weighted by atomic mass is 9.98. The van der Waals surface area contributed by atoms with E-state index in [0.29, 0.717) is 13.1 Å². The normalized spacial score (nSPS) is 19.5. The fourth-order valence-corrected chi connectivity index (χ4v) is 2.61. The second kappa shape index (κ2) is 6.68. The smallest absolute Gasteiger partial charge is 0.253 e. The first-order valence-corrected chi connectivity index (χ1v) is 6.93. The van der Waals surface area contributed by atoms with Crippen molar-refractivity contribution in [3.8, 4) is 0 Å². The van der Waals surface area contributed by atoms with E-state index in [1.807, 2.05) is 29.2 Å². The van der Waals surface area contributed by atoms with Gasteiger partial charge < -0.3 is 15.7 Å². The summed E-state index contributed by atoms with van der Waals surface area (Å²) in [5.74, 6) is 0.293. The molecule has 1 fully saturated rings. The molecule has 104 valence electrons. The van der Waals surface area contributed by atoms with E-state index >= 15 is 0 Å². The van der Waals surface area contributed by atoms with Crippen LogP contribution in [-0.2, 0) is 6.42 Å². The molecular weight excluding hydrogens is 240 g/mol. The number of nitrogens with two attached hydrogens (primary N) is 1. The molecule has 1 heterocycles. The van der Waals surface area contributed by atoms with Crippen LogP contribution in [0.1, 0.15) is 28.8 Å². The van der Waals surface area contributed by atoms with Gasteiger partial charge >= 0.3 is 0 Å². The van der Waals surface area contributed by atoms with Crippen molar-refractivity contribution < 1.29 is 9.90 Å². The van der Waals surface area contributed by atoms with Gasteiger partial charge in [0, 0.05) is 25.3 Å². The molecule has 2 rings (SSSR count). The molecule has 1 atom stereocenters. The van der Waals surface area contributed by atoms with Crippen LogP contribution in [0.3, 0.4) is 0 Å². The van der Waals surface area contributed by atoms with Crippen LogP contribution in [0.4, 0.5) is 0 Å². The highest BCUT2D eigenvalue weighted by molar-refractivity contribution is 5.94. The van der Waals surface area contributed by atoms with Crippen molar-refractivity contribution in [1.82, 2.24) is 4.90 Å². The average molecular weight is 262 g/mol. The second-order valence-electron chi connectivity index (χ2n) is 5.18. The van der Waals surface area contributed by atoms with E-state index in [9.17, 15) is 9.90 Å². The molecule has 1 saturated heterocycles. The van der Waals surface area contributed by atoms with Gasteiger partial charge in [-0.3, -0.25) is 4.79 Å². The minimum Gasteiger partial charge on any atom is -0.396 e. The first-order valence-electron chi connectivity index (χ1n) is 6.93. The summed E-state index contributed by atoms with van der Waals surface area (Å²) in [7, 11) is 0. The number of piperidine rings is 1. The van der Waals surface area contributed by atoms with Crippen molar-refractivity contribution in [2.75, 3.05) is 26.2 Å². The molecule has 1 aromatic carbocycles. The number of amides is 1. The fourth-order valence-electron chi connectivity index (χ4n) is 2.61. The molecule has 4 heteroatoms. The first kappa shape index (κ1) is 14.0. The van der Waals surface area contributed by atoms with E-state index in [0.717, 1.165) is 36.9 Å². The molecule has 1 aliphatic rings. The Hall–Kier alpha value is -1.39. The third-order valence-corrected chi connectivity index (χ3v) is 3.67. The number of carbonyl (C=O) groups excluding carboxylic acids is 1. The monoisotopic (exact) mass is 262 g/mol. The molecule has 1 amide bonds. The highest BCUT2D eigenvalue weighted by Gasteiger charge is 2.23. The van der Waals surface area contributed by atoms with Crippen molar-refractivity contribution in [1.29, 1.82) is 0 Å². The largest absolute Gasteiger partial charge is 0.396 e. The highest BCUT2D eigenvalue weighted by Crippen LogP contribution is 2.18. The summed E-state index contributed by atoms with van der Waals surface area (Å²) < 4.78 is 0. The first-order chi connectivity index (χ1) is 9.24. The van der Waals surface area contributed by atoms with Gasteiger partial charge in [0.15, 0.2) is 0 Å². The topological polar surface area (TPSA) is 66.6 Å². The molecule has 1 aliphatic heterocycles. The van der Waals surface area contributed by atoms with Crippen molar-refractivity contribution in [3.05, 3.63) is 35.4 Å². The number of hydrogen-bond acceptors (Lipinski definition) is 3. The van der Waals surface area contributed by atoms with Gasteiger partial charge in [0.25, 0.3) is 5.91 Å². The lowest BCUT2D eigenvalue weighted by molar-refractivity contribution is 0.0620. The van der Waals surface area contributed by atoms with Crippen LogP contribution in [0, 0.1) is 5.92 Å². The fraction of sp³-hybridized carbons (Fsp3) is 0.533. The van der Waals surface area contributed by atoms with Crippen LogP contribution in [0.25, 0.3) is 0 Å². The van der Waals surface area contributed by atoms with E-state index in [4.69, 9.17) is 5.73 Å². The Morgan fingerprint density at radius 2 is 2.32 bits per heavy atom. The van der Waals surface area contributed by atoms with Crippen LogP contribution in [0.2, 0.25) is 0 Å². The van der Waals surface area contributed by atoms with E-state index in [-0.39, 0.29) is 18.4 Å². The molecule has 19 heavy (non-hydrogen) atoms. The standard InChI is InChI=1S/C15H22N2O2/c16-7-6-12-3-1-5-14(9-12)15(19)17-8-2-4-13(10-17)11-18/h1,3,5,9,13,18H,2,4,6-8,10-11,16H2. The summed E-state index contributed by atoms with van der Waals surface area (Å²) >= 11 is 0. The zero-order valence-corrected chi connectivity index (χ0v) is 11.2. The molecule has 0 saturated carbocycles. The van der Waals surface area contributed by atoms with Gasteiger partial charge in [0.2, 0.25) is 0 Å². The quantitative estimate of drug-likeness (QED) is 0.851. The van der Waals surface area contributed by atoms with Crippen molar-refractivity contribution in [3.63, 3.8) is 0 Å². The van der Waals surface area contributed by atoms with Gasteiger partial charge in [-0.05, 0) is 49.4 Å². The molecule has 3 N–H and O–H groups in total. The number of likely N-dealkylation sites (tertiary alicyclic amines) is 1. The zero-order valence-electron chi connectivity index (χ0n) is 11.2. The molecule has 1 aromatic rings. The number of hydrogen-bond donors (Lipinski definition) is 2. The average Bonchev–Trinajstić information content (AvgIpc) is 2.47. The zero-order chi connectivity index (χ0) is 13.7. The Balaban J connectivity index is 2.08.